The summed E-state index contributed by atoms with van der Waals surface area (Å²) in [4.78, 5) is 18.4. The van der Waals surface area contributed by atoms with Crippen molar-refractivity contribution in [2.75, 3.05) is 11.1 Å². The van der Waals surface area contributed by atoms with Gasteiger partial charge in [0.1, 0.15) is 17.5 Å². The van der Waals surface area contributed by atoms with Gasteiger partial charge in [-0.15, -0.1) is 11.3 Å². The highest BCUT2D eigenvalue weighted by atomic mass is 79.9. The number of anilines is 3. The number of hydrogen-bond acceptors (Lipinski definition) is 8. The van der Waals surface area contributed by atoms with Crippen LogP contribution in [0.2, 0.25) is 0 Å². The van der Waals surface area contributed by atoms with Crippen LogP contribution in [-0.2, 0) is 0 Å². The second-order valence-corrected chi connectivity index (χ2v) is 7.83. The largest absolute Gasteiger partial charge is 0.435 e. The molecule has 0 saturated carbocycles. The molecule has 4 rings (SSSR count). The summed E-state index contributed by atoms with van der Waals surface area (Å²) in [5, 5.41) is 4.79. The Kier molecular flexibility index (Phi) is 4.63. The van der Waals surface area contributed by atoms with Gasteiger partial charge in [-0.25, -0.2) is 9.97 Å². The van der Waals surface area contributed by atoms with Crippen molar-refractivity contribution in [1.29, 1.82) is 0 Å². The van der Waals surface area contributed by atoms with E-state index in [0.717, 1.165) is 25.6 Å². The third kappa shape index (κ3) is 3.43. The van der Waals surface area contributed by atoms with Crippen molar-refractivity contribution in [3.8, 4) is 11.6 Å². The molecule has 0 aliphatic rings. The van der Waals surface area contributed by atoms with E-state index in [0.29, 0.717) is 22.8 Å². The number of nitrogens with one attached hydrogen (secondary N) is 1. The number of hydrogen-bond donors (Lipinski definition) is 2. The van der Waals surface area contributed by atoms with Crippen LogP contribution in [0.15, 0.2) is 41.3 Å². The van der Waals surface area contributed by atoms with E-state index in [1.54, 1.807) is 6.20 Å². The molecule has 3 N–H and O–H groups in total. The summed E-state index contributed by atoms with van der Waals surface area (Å²) >= 11 is 5.06. The first-order valence-electron chi connectivity index (χ1n) is 8.05. The molecule has 0 radical (unpaired) electrons. The second-order valence-electron chi connectivity index (χ2n) is 5.77. The Morgan fingerprint density at radius 2 is 2.00 bits per heavy atom. The maximum absolute atomic E-state index is 6.23. The van der Waals surface area contributed by atoms with Crippen LogP contribution in [0.4, 0.5) is 16.6 Å². The normalized spacial score (nSPS) is 10.9. The Bertz CT molecular complexity index is 1130. The number of ether oxygens (including phenoxy) is 1. The summed E-state index contributed by atoms with van der Waals surface area (Å²) in [5.74, 6) is 1.26. The molecule has 3 aromatic heterocycles. The van der Waals surface area contributed by atoms with Crippen molar-refractivity contribution in [3.63, 3.8) is 0 Å². The molecule has 3 heterocycles. The van der Waals surface area contributed by atoms with Crippen molar-refractivity contribution in [3.05, 3.63) is 51.8 Å². The van der Waals surface area contributed by atoms with Crippen LogP contribution in [0.3, 0.4) is 0 Å². The van der Waals surface area contributed by atoms with Gasteiger partial charge >= 0.3 is 0 Å². The van der Waals surface area contributed by atoms with Crippen molar-refractivity contribution < 1.29 is 4.74 Å². The smallest absolute Gasteiger partial charge is 0.248 e. The van der Waals surface area contributed by atoms with Gasteiger partial charge in [-0.05, 0) is 32.0 Å². The first-order valence-corrected chi connectivity index (χ1v) is 9.66. The number of aromatic nitrogens is 4. The lowest BCUT2D eigenvalue weighted by molar-refractivity contribution is 0.469. The minimum Gasteiger partial charge on any atom is -0.435 e. The predicted molar refractivity (Wildman–Crippen MR) is 111 cm³/mol. The van der Waals surface area contributed by atoms with Crippen molar-refractivity contribution in [1.82, 2.24) is 19.9 Å². The fourth-order valence-electron chi connectivity index (χ4n) is 2.49. The molecule has 0 saturated heterocycles. The van der Waals surface area contributed by atoms with Gasteiger partial charge in [0.15, 0.2) is 16.7 Å². The lowest BCUT2D eigenvalue weighted by Gasteiger charge is -2.12. The second kappa shape index (κ2) is 7.09. The highest BCUT2D eigenvalue weighted by Crippen LogP contribution is 2.36. The Hall–Kier alpha value is -2.78. The average Bonchev–Trinajstić information content (AvgIpc) is 2.98. The number of aryl methyl sites for hydroxylation is 2. The van der Waals surface area contributed by atoms with Crippen molar-refractivity contribution in [2.45, 2.75) is 13.8 Å². The molecular formula is C18H15BrN6OS. The van der Waals surface area contributed by atoms with Crippen LogP contribution in [0.5, 0.6) is 11.6 Å². The molecule has 0 aliphatic carbocycles. The third-order valence-corrected chi connectivity index (χ3v) is 5.67. The van der Waals surface area contributed by atoms with Crippen molar-refractivity contribution in [2.24, 2.45) is 0 Å². The molecule has 7 nitrogen and oxygen atoms in total. The van der Waals surface area contributed by atoms with E-state index in [1.165, 1.54) is 17.7 Å². The number of thiazole rings is 1. The van der Waals surface area contributed by atoms with E-state index < -0.39 is 0 Å². The monoisotopic (exact) mass is 442 g/mol. The van der Waals surface area contributed by atoms with E-state index >= 15 is 0 Å². The maximum Gasteiger partial charge on any atom is 0.248 e. The zero-order valence-corrected chi connectivity index (χ0v) is 16.9. The highest BCUT2D eigenvalue weighted by molar-refractivity contribution is 9.10. The minimum absolute atomic E-state index is 0.256. The molecule has 1 aromatic carbocycles. The molecule has 0 aliphatic heterocycles. The average molecular weight is 443 g/mol. The standard InChI is InChI=1S/C18H15BrN6OS/c1-9-10(2)27-18(24-9)25-16-14(20)17(23-8-22-16)26-13-6-5-12(19)11-4-3-7-21-15(11)13/h3-8H,20H2,1-2H3,(H,22,23,24,25). The molecule has 4 aromatic rings. The minimum atomic E-state index is 0.256. The number of halogens is 1. The summed E-state index contributed by atoms with van der Waals surface area (Å²) in [6, 6.07) is 7.55. The van der Waals surface area contributed by atoms with Gasteiger partial charge in [-0.3, -0.25) is 4.98 Å². The fraction of sp³-hybridized carbons (Fsp3) is 0.111. The first-order chi connectivity index (χ1) is 13.0. The number of rotatable bonds is 4. The highest BCUT2D eigenvalue weighted by Gasteiger charge is 2.15. The summed E-state index contributed by atoms with van der Waals surface area (Å²) < 4.78 is 6.90. The number of nitrogen functional groups attached to an aromatic ring is 1. The lowest BCUT2D eigenvalue weighted by Crippen LogP contribution is -2.03. The van der Waals surface area contributed by atoms with Gasteiger partial charge in [0, 0.05) is 20.9 Å². The van der Waals surface area contributed by atoms with Gasteiger partial charge in [0.25, 0.3) is 0 Å². The number of pyridine rings is 1. The van der Waals surface area contributed by atoms with Gasteiger partial charge < -0.3 is 15.8 Å². The van der Waals surface area contributed by atoms with Crippen LogP contribution >= 0.6 is 27.3 Å². The lowest BCUT2D eigenvalue weighted by atomic mass is 10.2. The van der Waals surface area contributed by atoms with Gasteiger partial charge in [-0.1, -0.05) is 22.0 Å². The van der Waals surface area contributed by atoms with Crippen LogP contribution < -0.4 is 15.8 Å². The van der Waals surface area contributed by atoms with E-state index in [9.17, 15) is 0 Å². The molecule has 0 amide bonds. The van der Waals surface area contributed by atoms with Crippen LogP contribution in [0.25, 0.3) is 10.9 Å². The number of fused-ring (bicyclic) bond motifs is 1. The van der Waals surface area contributed by atoms with Crippen LogP contribution in [0.1, 0.15) is 10.6 Å². The molecular weight excluding hydrogens is 428 g/mol. The Balaban J connectivity index is 1.68. The van der Waals surface area contributed by atoms with Crippen LogP contribution in [-0.4, -0.2) is 19.9 Å². The zero-order valence-electron chi connectivity index (χ0n) is 14.5. The SMILES string of the molecule is Cc1nc(Nc2ncnc(Oc3ccc(Br)c4cccnc34)c2N)sc1C. The van der Waals surface area contributed by atoms with E-state index in [4.69, 9.17) is 10.5 Å². The number of nitrogens with zero attached hydrogens (tertiary/aromatic N) is 4. The summed E-state index contributed by atoms with van der Waals surface area (Å²) in [7, 11) is 0. The van der Waals surface area contributed by atoms with E-state index in [2.05, 4.69) is 41.2 Å². The predicted octanol–water partition coefficient (Wildman–Crippen LogP) is 4.98. The Morgan fingerprint density at radius 3 is 2.78 bits per heavy atom. The molecule has 27 heavy (non-hydrogen) atoms. The third-order valence-electron chi connectivity index (χ3n) is 3.99. The molecule has 0 spiro atoms. The topological polar surface area (TPSA) is 98.8 Å². The maximum atomic E-state index is 6.23. The summed E-state index contributed by atoms with van der Waals surface area (Å²) in [6.45, 7) is 3.97. The van der Waals surface area contributed by atoms with Crippen molar-refractivity contribution >= 4 is 54.8 Å². The fourth-order valence-corrected chi connectivity index (χ4v) is 3.75. The number of benzene rings is 1. The Morgan fingerprint density at radius 1 is 1.15 bits per heavy atom. The summed E-state index contributed by atoms with van der Waals surface area (Å²) in [6.07, 6.45) is 3.11. The zero-order chi connectivity index (χ0) is 19.0. The van der Waals surface area contributed by atoms with Crippen LogP contribution in [0, 0.1) is 13.8 Å². The van der Waals surface area contributed by atoms with Gasteiger partial charge in [0.05, 0.1) is 5.69 Å². The first kappa shape index (κ1) is 17.6. The Labute approximate surface area is 167 Å². The van der Waals surface area contributed by atoms with E-state index in [-0.39, 0.29) is 5.88 Å². The molecule has 0 atom stereocenters. The molecule has 0 fully saturated rings. The van der Waals surface area contributed by atoms with Gasteiger partial charge in [0.2, 0.25) is 5.88 Å². The van der Waals surface area contributed by atoms with Gasteiger partial charge in [-0.2, -0.15) is 4.98 Å². The molecule has 0 bridgehead atoms. The molecule has 9 heteroatoms. The summed E-state index contributed by atoms with van der Waals surface area (Å²) in [5.41, 5.74) is 8.22. The number of nitrogens with two attached hydrogens (primary N) is 1. The molecule has 0 unspecified atom stereocenters. The quantitative estimate of drug-likeness (QED) is 0.459. The van der Waals surface area contributed by atoms with E-state index in [1.807, 2.05) is 38.1 Å². The molecule has 136 valence electrons.